The van der Waals surface area contributed by atoms with Gasteiger partial charge in [-0.2, -0.15) is 0 Å². The number of rotatable bonds is 8. The van der Waals surface area contributed by atoms with Crippen molar-refractivity contribution in [3.63, 3.8) is 0 Å². The molecule has 0 radical (unpaired) electrons. The number of ketones is 1. The molecule has 0 spiro atoms. The third-order valence-electron chi connectivity index (χ3n) is 10.8. The van der Waals surface area contributed by atoms with E-state index >= 15 is 4.79 Å². The highest BCUT2D eigenvalue weighted by Crippen LogP contribution is 2.54. The Labute approximate surface area is 325 Å². The van der Waals surface area contributed by atoms with Crippen LogP contribution in [0.3, 0.4) is 0 Å². The summed E-state index contributed by atoms with van der Waals surface area (Å²) in [5, 5.41) is 0. The first-order chi connectivity index (χ1) is 26.3. The number of epoxide rings is 1. The maximum absolute atomic E-state index is 15.0. The average Bonchev–Trinajstić information content (AvgIpc) is 3.91. The number of esters is 6. The second-order valence-electron chi connectivity index (χ2n) is 15.3. The van der Waals surface area contributed by atoms with Crippen LogP contribution in [0.15, 0.2) is 72.8 Å². The molecule has 2 saturated carbocycles. The van der Waals surface area contributed by atoms with E-state index in [4.69, 9.17) is 33.2 Å². The van der Waals surface area contributed by atoms with Gasteiger partial charge in [0, 0.05) is 51.0 Å². The first kappa shape index (κ1) is 41.8. The molecule has 14 nitrogen and oxygen atoms in total. The van der Waals surface area contributed by atoms with Gasteiger partial charge >= 0.3 is 35.8 Å². The summed E-state index contributed by atoms with van der Waals surface area (Å²) in [4.78, 5) is 94.8. The molecule has 11 atom stereocenters. The molecule has 300 valence electrons. The molecular weight excluding hydrogens is 728 g/mol. The van der Waals surface area contributed by atoms with Crippen molar-refractivity contribution in [2.24, 2.45) is 23.2 Å². The lowest BCUT2D eigenvalue weighted by atomic mass is 9.69. The van der Waals surface area contributed by atoms with Crippen molar-refractivity contribution in [3.05, 3.63) is 83.9 Å². The normalized spacial score (nSPS) is 32.1. The lowest BCUT2D eigenvalue weighted by Crippen LogP contribution is -2.60. The maximum Gasteiger partial charge on any atom is 0.338 e. The molecule has 0 bridgehead atoms. The fraction of sp³-hybridized carbons (Fsp3) is 0.500. The van der Waals surface area contributed by atoms with Gasteiger partial charge in [0.15, 0.2) is 29.7 Å². The highest BCUT2D eigenvalue weighted by molar-refractivity contribution is 5.93. The van der Waals surface area contributed by atoms with E-state index in [1.807, 2.05) is 0 Å². The van der Waals surface area contributed by atoms with Crippen molar-refractivity contribution in [1.29, 1.82) is 0 Å². The number of fused-ring (bicyclic) bond motifs is 2. The van der Waals surface area contributed by atoms with Crippen molar-refractivity contribution >= 4 is 41.6 Å². The standard InChI is InChI=1S/C42H48O14/c1-21-20-42(56-27(7)46)30(31(21)50-24(4)43)32(51-25(5)44)22(2)33(52-26(6)45)35(54-39(48)28-16-12-10-13-17-28)38(55-40(49)29-18-14-11-15-19-29)41(8,9)37-34(53-37)23(3)36(42)47/h10-19,21,23,30-35,37-38H,2,20H2,1,3-9H3/t21-,23-,30+,31+,32-,33+,34+,35+,37-,38-,42+/m0/s1. The molecule has 14 heteroatoms. The zero-order chi connectivity index (χ0) is 41.3. The highest BCUT2D eigenvalue weighted by Gasteiger charge is 2.69. The number of carbonyl (C=O) groups is 7. The van der Waals surface area contributed by atoms with Crippen LogP contribution in [-0.2, 0) is 57.1 Å². The summed E-state index contributed by atoms with van der Waals surface area (Å²) in [5.74, 6) is -8.85. The fourth-order valence-electron chi connectivity index (χ4n) is 8.33. The number of hydrogen-bond donors (Lipinski definition) is 0. The number of ether oxygens (including phenoxy) is 7. The first-order valence-electron chi connectivity index (χ1n) is 18.4. The molecule has 3 fully saturated rings. The molecule has 0 aromatic heterocycles. The number of benzene rings is 2. The van der Waals surface area contributed by atoms with Crippen LogP contribution in [0.4, 0.5) is 0 Å². The van der Waals surface area contributed by atoms with E-state index in [0.717, 1.165) is 27.7 Å². The van der Waals surface area contributed by atoms with Gasteiger partial charge in [0.1, 0.15) is 12.2 Å². The predicted molar refractivity (Wildman–Crippen MR) is 195 cm³/mol. The Morgan fingerprint density at radius 2 is 1.18 bits per heavy atom. The second-order valence-corrected chi connectivity index (χ2v) is 15.3. The average molecular weight is 777 g/mol. The monoisotopic (exact) mass is 776 g/mol. The van der Waals surface area contributed by atoms with E-state index in [0.29, 0.717) is 0 Å². The van der Waals surface area contributed by atoms with Crippen molar-refractivity contribution in [3.8, 4) is 0 Å². The Hall–Kier alpha value is -5.37. The first-order valence-corrected chi connectivity index (χ1v) is 18.4. The number of Topliss-reactive ketones (excluding diaryl/α,β-unsaturated/α-hetero) is 1. The van der Waals surface area contributed by atoms with Crippen molar-refractivity contribution in [1.82, 2.24) is 0 Å². The van der Waals surface area contributed by atoms with Crippen LogP contribution in [0.25, 0.3) is 0 Å². The summed E-state index contributed by atoms with van der Waals surface area (Å²) >= 11 is 0. The zero-order valence-electron chi connectivity index (χ0n) is 32.7. The molecule has 2 aromatic carbocycles. The van der Waals surface area contributed by atoms with E-state index in [1.165, 1.54) is 24.3 Å². The molecule has 0 amide bonds. The van der Waals surface area contributed by atoms with Gasteiger partial charge in [-0.3, -0.25) is 24.0 Å². The van der Waals surface area contributed by atoms with Gasteiger partial charge < -0.3 is 33.2 Å². The van der Waals surface area contributed by atoms with Crippen molar-refractivity contribution in [2.75, 3.05) is 0 Å². The molecule has 5 rings (SSSR count). The predicted octanol–water partition coefficient (Wildman–Crippen LogP) is 4.76. The molecular formula is C42H48O14. The molecule has 2 aromatic rings. The lowest BCUT2D eigenvalue weighted by molar-refractivity contribution is -0.188. The third kappa shape index (κ3) is 8.40. The van der Waals surface area contributed by atoms with Crippen LogP contribution in [0.1, 0.15) is 82.5 Å². The smallest absolute Gasteiger partial charge is 0.338 e. The Morgan fingerprint density at radius 3 is 1.68 bits per heavy atom. The third-order valence-corrected chi connectivity index (χ3v) is 10.8. The highest BCUT2D eigenvalue weighted by atomic mass is 16.6. The Kier molecular flexibility index (Phi) is 12.2. The van der Waals surface area contributed by atoms with Gasteiger partial charge in [0.05, 0.1) is 29.3 Å². The molecule has 0 unspecified atom stereocenters. The number of hydrogen-bond acceptors (Lipinski definition) is 14. The van der Waals surface area contributed by atoms with Gasteiger partial charge in [-0.05, 0) is 30.2 Å². The van der Waals surface area contributed by atoms with Crippen LogP contribution in [0.5, 0.6) is 0 Å². The summed E-state index contributed by atoms with van der Waals surface area (Å²) in [6.45, 7) is 15.3. The lowest BCUT2D eigenvalue weighted by Gasteiger charge is -2.45. The van der Waals surface area contributed by atoms with Crippen LogP contribution < -0.4 is 0 Å². The molecule has 1 aliphatic heterocycles. The second kappa shape index (κ2) is 16.4. The molecule has 56 heavy (non-hydrogen) atoms. The molecule has 3 aliphatic rings. The Bertz CT molecular complexity index is 1870. The molecule has 1 saturated heterocycles. The van der Waals surface area contributed by atoms with Crippen LogP contribution in [0, 0.1) is 23.2 Å². The van der Waals surface area contributed by atoms with E-state index in [9.17, 15) is 28.8 Å². The maximum atomic E-state index is 15.0. The fourth-order valence-corrected chi connectivity index (χ4v) is 8.33. The van der Waals surface area contributed by atoms with Gasteiger partial charge in [-0.25, -0.2) is 9.59 Å². The van der Waals surface area contributed by atoms with Gasteiger partial charge in [0.25, 0.3) is 0 Å². The van der Waals surface area contributed by atoms with E-state index in [1.54, 1.807) is 64.1 Å². The van der Waals surface area contributed by atoms with Crippen LogP contribution >= 0.6 is 0 Å². The molecule has 2 aliphatic carbocycles. The van der Waals surface area contributed by atoms with Crippen LogP contribution in [0.2, 0.25) is 0 Å². The quantitative estimate of drug-likeness (QED) is 0.155. The zero-order valence-corrected chi connectivity index (χ0v) is 32.7. The van der Waals surface area contributed by atoms with Crippen LogP contribution in [-0.4, -0.2) is 89.9 Å². The molecule has 0 N–H and O–H groups in total. The minimum absolute atomic E-state index is 0.0986. The summed E-state index contributed by atoms with van der Waals surface area (Å²) in [7, 11) is 0. The SMILES string of the molecule is C=C1[C@@H](OC(C)=O)[C@@H](OC(=O)c2ccccc2)[C@H](OC(=O)c2ccccc2)C(C)(C)[C@H]2O[C@@H]2[C@H](C)C(=O)[C@@]2(OC(C)=O)C[C@H](C)[C@@H](OC(C)=O)[C@@H]2[C@H]1OC(C)=O. The summed E-state index contributed by atoms with van der Waals surface area (Å²) in [6, 6.07) is 15.9. The van der Waals surface area contributed by atoms with E-state index in [-0.39, 0.29) is 23.1 Å². The minimum Gasteiger partial charge on any atom is -0.462 e. The Balaban J connectivity index is 1.82. The molecule has 1 heterocycles. The van der Waals surface area contributed by atoms with Gasteiger partial charge in [-0.1, -0.05) is 70.7 Å². The van der Waals surface area contributed by atoms with E-state index in [2.05, 4.69) is 6.58 Å². The number of carbonyl (C=O) groups excluding carboxylic acids is 7. The van der Waals surface area contributed by atoms with Crippen molar-refractivity contribution in [2.45, 2.75) is 110 Å². The Morgan fingerprint density at radius 1 is 0.679 bits per heavy atom. The minimum atomic E-state index is -2.09. The largest absolute Gasteiger partial charge is 0.462 e. The van der Waals surface area contributed by atoms with Gasteiger partial charge in [0.2, 0.25) is 0 Å². The summed E-state index contributed by atoms with van der Waals surface area (Å²) in [5.41, 5.74) is -3.42. The van der Waals surface area contributed by atoms with Crippen molar-refractivity contribution < 1.29 is 66.7 Å². The van der Waals surface area contributed by atoms with E-state index < -0.39 is 113 Å². The van der Waals surface area contributed by atoms with Gasteiger partial charge in [-0.15, -0.1) is 0 Å². The summed E-state index contributed by atoms with van der Waals surface area (Å²) < 4.78 is 42.5. The summed E-state index contributed by atoms with van der Waals surface area (Å²) in [6.07, 6.45) is -9.79. The topological polar surface area (TPSA) is 187 Å².